The van der Waals surface area contributed by atoms with Crippen LogP contribution in [0.5, 0.6) is 11.5 Å². The van der Waals surface area contributed by atoms with Crippen molar-refractivity contribution in [1.82, 2.24) is 14.2 Å². The zero-order valence-electron chi connectivity index (χ0n) is 26.2. The monoisotopic (exact) mass is 669 g/mol. The van der Waals surface area contributed by atoms with Gasteiger partial charge in [-0.25, -0.2) is 9.46 Å². The van der Waals surface area contributed by atoms with Crippen molar-refractivity contribution < 1.29 is 28.0 Å². The Kier molecular flexibility index (Phi) is 10.2. The molecule has 244 valence electrons. The fourth-order valence-corrected chi connectivity index (χ4v) is 6.21. The van der Waals surface area contributed by atoms with Gasteiger partial charge in [0, 0.05) is 18.2 Å². The fraction of sp³-hybridized carbons (Fsp3) is 0.333. The number of methoxy groups -OCH3 is 2. The molecule has 0 amide bonds. The lowest BCUT2D eigenvalue weighted by Gasteiger charge is -2.39. The maximum absolute atomic E-state index is 13.0. The molecule has 1 aliphatic heterocycles. The van der Waals surface area contributed by atoms with E-state index < -0.39 is 42.2 Å². The second-order valence-electron chi connectivity index (χ2n) is 11.1. The molecule has 46 heavy (non-hydrogen) atoms. The highest BCUT2D eigenvalue weighted by Crippen LogP contribution is 2.55. The van der Waals surface area contributed by atoms with Crippen molar-refractivity contribution in [3.63, 3.8) is 0 Å². The summed E-state index contributed by atoms with van der Waals surface area (Å²) < 4.78 is 45.9. The molecule has 0 spiro atoms. The molecule has 0 saturated carbocycles. The van der Waals surface area contributed by atoms with E-state index in [4.69, 9.17) is 34.7 Å². The summed E-state index contributed by atoms with van der Waals surface area (Å²) in [4.78, 5) is 27.4. The number of aryl methyl sites for hydroxylation is 1. The molecule has 4 aromatic rings. The first-order valence-electron chi connectivity index (χ1n) is 14.6. The van der Waals surface area contributed by atoms with Gasteiger partial charge in [0.25, 0.3) is 5.56 Å². The molecule has 13 heteroatoms. The van der Waals surface area contributed by atoms with Crippen LogP contribution in [-0.2, 0) is 24.2 Å². The van der Waals surface area contributed by atoms with Crippen LogP contribution < -0.4 is 20.7 Å². The third-order valence-corrected chi connectivity index (χ3v) is 10.6. The molecule has 1 unspecified atom stereocenters. The summed E-state index contributed by atoms with van der Waals surface area (Å²) in [5.74, 6) is 1.34. The normalized spacial score (nSPS) is 19.6. The highest BCUT2D eigenvalue weighted by atomic mass is 35.7. The van der Waals surface area contributed by atoms with Crippen LogP contribution in [0.25, 0.3) is 0 Å². The van der Waals surface area contributed by atoms with Crippen LogP contribution in [0.2, 0.25) is 0 Å². The van der Waals surface area contributed by atoms with E-state index in [1.54, 1.807) is 35.2 Å². The molecular formula is C33H37ClN3O8P. The lowest BCUT2D eigenvalue weighted by molar-refractivity contribution is -0.0965. The Morgan fingerprint density at radius 3 is 2.00 bits per heavy atom. The molecule has 1 aromatic heterocycles. The first-order valence-corrected chi connectivity index (χ1v) is 17.1. The number of rotatable bonds is 12. The van der Waals surface area contributed by atoms with Crippen LogP contribution in [-0.4, -0.2) is 61.4 Å². The minimum Gasteiger partial charge on any atom is -0.497 e. The second-order valence-corrected chi connectivity index (χ2v) is 14.3. The number of nitrogens with zero attached hydrogens (tertiary/aromatic N) is 2. The van der Waals surface area contributed by atoms with E-state index in [2.05, 4.69) is 4.98 Å². The predicted octanol–water partition coefficient (Wildman–Crippen LogP) is 5.45. The topological polar surface area (TPSA) is 121 Å². The molecule has 0 bridgehead atoms. The average molecular weight is 670 g/mol. The van der Waals surface area contributed by atoms with Gasteiger partial charge in [0.2, 0.25) is 0 Å². The van der Waals surface area contributed by atoms with E-state index in [1.165, 1.54) is 15.4 Å². The lowest BCUT2D eigenvalue weighted by atomic mass is 9.79. The number of H-pyrrole nitrogens is 1. The molecule has 5 rings (SSSR count). The Morgan fingerprint density at radius 2 is 1.48 bits per heavy atom. The number of halogens is 1. The number of hydrogen-bond donors (Lipinski definition) is 1. The van der Waals surface area contributed by atoms with Gasteiger partial charge in [-0.3, -0.25) is 18.9 Å². The number of ether oxygens (including phenoxy) is 4. The van der Waals surface area contributed by atoms with Gasteiger partial charge in [-0.2, -0.15) is 0 Å². The van der Waals surface area contributed by atoms with Crippen molar-refractivity contribution in [3.8, 4) is 11.5 Å². The van der Waals surface area contributed by atoms with E-state index >= 15 is 0 Å². The summed E-state index contributed by atoms with van der Waals surface area (Å²) in [6, 6.07) is 24.9. The summed E-state index contributed by atoms with van der Waals surface area (Å²) in [5, 5.41) is 0. The van der Waals surface area contributed by atoms with Gasteiger partial charge in [-0.15, -0.1) is 0 Å². The number of aromatic amines is 1. The average Bonchev–Trinajstić information content (AvgIpc) is 3.46. The van der Waals surface area contributed by atoms with Gasteiger partial charge in [0.15, 0.2) is 0 Å². The minimum absolute atomic E-state index is 0.189. The van der Waals surface area contributed by atoms with Crippen LogP contribution in [0.3, 0.4) is 0 Å². The molecule has 1 saturated heterocycles. The number of benzene rings is 3. The molecule has 2 heterocycles. The lowest BCUT2D eigenvalue weighted by Crippen LogP contribution is -2.41. The van der Waals surface area contributed by atoms with Crippen LogP contribution in [0.4, 0.5) is 0 Å². The molecule has 4 atom stereocenters. The molecule has 1 aliphatic rings. The highest BCUT2D eigenvalue weighted by molar-refractivity contribution is 7.83. The largest absolute Gasteiger partial charge is 0.497 e. The molecule has 11 nitrogen and oxygen atoms in total. The van der Waals surface area contributed by atoms with Crippen molar-refractivity contribution in [1.29, 1.82) is 0 Å². The van der Waals surface area contributed by atoms with Gasteiger partial charge in [0.05, 0.1) is 26.9 Å². The quantitative estimate of drug-likeness (QED) is 0.155. The SMILES string of the molecule is COc1ccc(C(O[C@H]2C[C@H](n3cc(C)c(=O)[nH]c3=O)O[C@@H]2COP(=O)(Cl)N(C)C)(c2ccccc2)c2ccc(OC)cc2)cc1. The van der Waals surface area contributed by atoms with Gasteiger partial charge in [-0.1, -0.05) is 54.6 Å². The molecule has 0 aliphatic carbocycles. The van der Waals surface area contributed by atoms with Crippen molar-refractivity contribution >= 4 is 18.1 Å². The van der Waals surface area contributed by atoms with Gasteiger partial charge in [-0.05, 0) is 73.2 Å². The zero-order valence-corrected chi connectivity index (χ0v) is 27.9. The first-order chi connectivity index (χ1) is 22.0. The Balaban J connectivity index is 1.66. The van der Waals surface area contributed by atoms with Crippen LogP contribution >= 0.6 is 18.1 Å². The number of nitrogens with one attached hydrogen (secondary N) is 1. The van der Waals surface area contributed by atoms with Gasteiger partial charge >= 0.3 is 12.6 Å². The Labute approximate surface area is 271 Å². The van der Waals surface area contributed by atoms with Crippen LogP contribution in [0, 0.1) is 6.92 Å². The van der Waals surface area contributed by atoms with E-state index in [9.17, 15) is 14.2 Å². The molecule has 0 radical (unpaired) electrons. The molecular weight excluding hydrogens is 633 g/mol. The summed E-state index contributed by atoms with van der Waals surface area (Å²) >= 11 is 6.24. The standard InChI is InChI=1S/C33H37ClN3O8P/c1-22-20-37(32(39)35-31(22)38)30-19-28(29(44-30)21-43-46(34,40)36(2)3)45-33(23-9-7-6-8-10-23,24-11-15-26(41-4)16-12-24)25-13-17-27(42-5)18-14-25/h6-18,20,28-30H,19,21H2,1-5H3,(H,35,38,39)/t28-,29+,30+,46?/m0/s1. The third-order valence-electron chi connectivity index (χ3n) is 8.01. The minimum atomic E-state index is -3.68. The third kappa shape index (κ3) is 6.85. The van der Waals surface area contributed by atoms with E-state index in [0.717, 1.165) is 16.7 Å². The summed E-state index contributed by atoms with van der Waals surface area (Å²) in [6.45, 7) is -2.27. The van der Waals surface area contributed by atoms with Gasteiger partial charge < -0.3 is 23.5 Å². The predicted molar refractivity (Wildman–Crippen MR) is 175 cm³/mol. The number of hydrogen-bond acceptors (Lipinski definition) is 8. The van der Waals surface area contributed by atoms with Crippen molar-refractivity contribution in [3.05, 3.63) is 128 Å². The summed E-state index contributed by atoms with van der Waals surface area (Å²) in [5.41, 5.74) is 0.427. The van der Waals surface area contributed by atoms with Crippen molar-refractivity contribution in [2.75, 3.05) is 34.9 Å². The molecule has 1 N–H and O–H groups in total. The Morgan fingerprint density at radius 1 is 0.935 bits per heavy atom. The maximum Gasteiger partial charge on any atom is 0.362 e. The smallest absolute Gasteiger partial charge is 0.362 e. The van der Waals surface area contributed by atoms with Crippen molar-refractivity contribution in [2.24, 2.45) is 0 Å². The Hall–Kier alpha value is -3.70. The molecule has 3 aromatic carbocycles. The Bertz CT molecular complexity index is 1750. The zero-order chi connectivity index (χ0) is 33.1. The van der Waals surface area contributed by atoms with E-state index in [-0.39, 0.29) is 13.0 Å². The van der Waals surface area contributed by atoms with Crippen molar-refractivity contribution in [2.45, 2.75) is 37.4 Å². The summed E-state index contributed by atoms with van der Waals surface area (Å²) in [6.07, 6.45) is -0.746. The first kappa shape index (κ1) is 33.7. The van der Waals surface area contributed by atoms with Crippen LogP contribution in [0.1, 0.15) is 34.9 Å². The second kappa shape index (κ2) is 14.0. The van der Waals surface area contributed by atoms with Crippen LogP contribution in [0.15, 0.2) is 94.6 Å². The number of aromatic nitrogens is 2. The fourth-order valence-electron chi connectivity index (χ4n) is 5.48. The molecule has 1 fully saturated rings. The van der Waals surface area contributed by atoms with Gasteiger partial charge in [0.1, 0.15) is 29.4 Å². The van der Waals surface area contributed by atoms with E-state index in [0.29, 0.717) is 17.1 Å². The maximum atomic E-state index is 13.0. The van der Waals surface area contributed by atoms with E-state index in [1.807, 2.05) is 78.9 Å². The summed E-state index contributed by atoms with van der Waals surface area (Å²) in [7, 11) is 6.31. The highest BCUT2D eigenvalue weighted by Gasteiger charge is 2.47.